The Hall–Kier alpha value is -4.34. The number of aromatic amines is 1. The molecule has 0 bridgehead atoms. The summed E-state index contributed by atoms with van der Waals surface area (Å²) < 4.78 is 13.5. The number of alkyl carbamates (subject to hydrolysis) is 1. The minimum atomic E-state index is -0.585. The molecule has 1 aliphatic rings. The van der Waals surface area contributed by atoms with Gasteiger partial charge in [-0.2, -0.15) is 0 Å². The fraction of sp³-hybridized carbons (Fsp3) is 0.486. The summed E-state index contributed by atoms with van der Waals surface area (Å²) in [6.07, 6.45) is 7.00. The molecule has 2 amide bonds. The van der Waals surface area contributed by atoms with Crippen molar-refractivity contribution < 1.29 is 19.1 Å². The molecule has 240 valence electrons. The largest absolute Gasteiger partial charge is 0.445 e. The summed E-state index contributed by atoms with van der Waals surface area (Å²) in [6.45, 7) is 9.94. The molecule has 0 spiro atoms. The number of ether oxygens (including phenoxy) is 2. The molecular formula is C35H46N6O4. The number of piperidine rings is 1. The normalized spacial score (nSPS) is 14.8. The van der Waals surface area contributed by atoms with Crippen LogP contribution in [0.15, 0.2) is 60.8 Å². The average Bonchev–Trinajstić information content (AvgIpc) is 3.65. The number of unbranched alkanes of at least 4 members (excludes halogenated alkanes) is 3. The highest BCUT2D eigenvalue weighted by atomic mass is 16.6. The van der Waals surface area contributed by atoms with E-state index < -0.39 is 17.7 Å². The fourth-order valence-electron chi connectivity index (χ4n) is 5.91. The number of nitrogens with zero attached hydrogens (tertiary/aromatic N) is 4. The first-order valence-corrected chi connectivity index (χ1v) is 16.2. The summed E-state index contributed by atoms with van der Waals surface area (Å²) in [7, 11) is 0. The monoisotopic (exact) mass is 614 g/mol. The maximum Gasteiger partial charge on any atom is 0.410 e. The van der Waals surface area contributed by atoms with Crippen LogP contribution < -0.4 is 5.32 Å². The number of H-pyrrole nitrogens is 1. The van der Waals surface area contributed by atoms with Crippen molar-refractivity contribution in [2.45, 2.75) is 96.9 Å². The number of hydrogen-bond acceptors (Lipinski definition) is 6. The first-order chi connectivity index (χ1) is 21.7. The Balaban J connectivity index is 1.43. The highest BCUT2D eigenvalue weighted by molar-refractivity contribution is 5.84. The Labute approximate surface area is 265 Å². The van der Waals surface area contributed by atoms with E-state index in [0.717, 1.165) is 72.9 Å². The second-order valence-corrected chi connectivity index (χ2v) is 12.8. The molecule has 0 saturated carbocycles. The minimum Gasteiger partial charge on any atom is -0.445 e. The Morgan fingerprint density at radius 3 is 2.47 bits per heavy atom. The molecule has 5 rings (SSSR count). The number of rotatable bonds is 11. The van der Waals surface area contributed by atoms with Crippen molar-refractivity contribution in [1.29, 1.82) is 0 Å². The van der Waals surface area contributed by atoms with E-state index >= 15 is 0 Å². The quantitative estimate of drug-likeness (QED) is 0.169. The number of nitrogens with one attached hydrogen (secondary N) is 2. The maximum absolute atomic E-state index is 13.3. The van der Waals surface area contributed by atoms with Gasteiger partial charge in [-0.1, -0.05) is 74.7 Å². The lowest BCUT2D eigenvalue weighted by Gasteiger charge is -2.33. The molecule has 10 heteroatoms. The van der Waals surface area contributed by atoms with Crippen LogP contribution in [0.5, 0.6) is 0 Å². The first kappa shape index (κ1) is 32.1. The molecular weight excluding hydrogens is 568 g/mol. The van der Waals surface area contributed by atoms with Crippen LogP contribution >= 0.6 is 0 Å². The van der Waals surface area contributed by atoms with Crippen molar-refractivity contribution >= 4 is 23.1 Å². The molecule has 1 atom stereocenters. The van der Waals surface area contributed by atoms with E-state index in [-0.39, 0.29) is 18.6 Å². The van der Waals surface area contributed by atoms with Crippen LogP contribution in [0.2, 0.25) is 0 Å². The first-order valence-electron chi connectivity index (χ1n) is 16.2. The van der Waals surface area contributed by atoms with E-state index in [9.17, 15) is 9.59 Å². The van der Waals surface area contributed by atoms with Crippen molar-refractivity contribution in [1.82, 2.24) is 30.0 Å². The number of fused-ring (bicyclic) bond motifs is 1. The molecule has 0 unspecified atom stereocenters. The number of aromatic nitrogens is 4. The van der Waals surface area contributed by atoms with E-state index in [1.807, 2.05) is 81.6 Å². The molecule has 2 aromatic carbocycles. The summed E-state index contributed by atoms with van der Waals surface area (Å²) in [5, 5.41) is 13.6. The molecule has 10 nitrogen and oxygen atoms in total. The van der Waals surface area contributed by atoms with Crippen LogP contribution in [0.1, 0.15) is 101 Å². The van der Waals surface area contributed by atoms with Gasteiger partial charge in [-0.05, 0) is 51.7 Å². The van der Waals surface area contributed by atoms with Gasteiger partial charge in [-0.3, -0.25) is 0 Å². The summed E-state index contributed by atoms with van der Waals surface area (Å²) in [5.41, 5.74) is 2.25. The van der Waals surface area contributed by atoms with E-state index in [4.69, 9.17) is 19.7 Å². The summed E-state index contributed by atoms with van der Waals surface area (Å²) in [5.74, 6) is 1.71. The molecule has 0 aliphatic carbocycles. The molecule has 2 N–H and O–H groups in total. The predicted molar refractivity (Wildman–Crippen MR) is 174 cm³/mol. The SMILES string of the molecule is CCCCCCn1c(C2CCN(C(=O)OC(C)(C)C)CC2)nnc1[C@@H](NC(=O)OCc1ccccc1)c1c[nH]c2ccccc12. The van der Waals surface area contributed by atoms with Gasteiger partial charge in [-0.15, -0.1) is 10.2 Å². The molecule has 4 aromatic rings. The molecule has 1 saturated heterocycles. The second kappa shape index (κ2) is 14.6. The van der Waals surface area contributed by atoms with Crippen LogP contribution in [0.4, 0.5) is 9.59 Å². The van der Waals surface area contributed by atoms with Gasteiger partial charge in [0.1, 0.15) is 24.1 Å². The molecule has 2 aromatic heterocycles. The van der Waals surface area contributed by atoms with Crippen LogP contribution in [0.25, 0.3) is 10.9 Å². The van der Waals surface area contributed by atoms with E-state index in [0.29, 0.717) is 18.9 Å². The number of likely N-dealkylation sites (tertiary alicyclic amines) is 1. The van der Waals surface area contributed by atoms with Crippen molar-refractivity contribution in [2.24, 2.45) is 0 Å². The third kappa shape index (κ3) is 8.23. The lowest BCUT2D eigenvalue weighted by atomic mass is 9.95. The Morgan fingerprint density at radius 1 is 1.00 bits per heavy atom. The average molecular weight is 615 g/mol. The minimum absolute atomic E-state index is 0.129. The summed E-state index contributed by atoms with van der Waals surface area (Å²) in [4.78, 5) is 31.2. The van der Waals surface area contributed by atoms with E-state index in [1.165, 1.54) is 0 Å². The van der Waals surface area contributed by atoms with Gasteiger partial charge >= 0.3 is 12.2 Å². The number of hydrogen-bond donors (Lipinski definition) is 2. The lowest BCUT2D eigenvalue weighted by Crippen LogP contribution is -2.41. The number of carbonyl (C=O) groups excluding carboxylic acids is 2. The standard InChI is InChI=1S/C35H46N6O4/c1-5-6-7-13-20-41-31(26-18-21-40(22-19-26)34(43)45-35(2,3)4)38-39-32(41)30(28-23-36-29-17-12-11-16-27(28)29)37-33(42)44-24-25-14-9-8-10-15-25/h8-12,14-17,23,26,30,36H,5-7,13,18-22,24H2,1-4H3,(H,37,42)/t30-/m0/s1. The van der Waals surface area contributed by atoms with Gasteiger partial charge in [0.05, 0.1) is 0 Å². The van der Waals surface area contributed by atoms with Gasteiger partial charge in [-0.25, -0.2) is 9.59 Å². The van der Waals surface area contributed by atoms with Gasteiger partial charge in [0, 0.05) is 48.2 Å². The third-order valence-corrected chi connectivity index (χ3v) is 8.22. The van der Waals surface area contributed by atoms with Crippen molar-refractivity contribution in [3.05, 3.63) is 83.6 Å². The van der Waals surface area contributed by atoms with E-state index in [2.05, 4.69) is 21.8 Å². The molecule has 1 aliphatic heterocycles. The number of amides is 2. The van der Waals surface area contributed by atoms with Gasteiger partial charge in [0.15, 0.2) is 5.82 Å². The number of benzene rings is 2. The molecule has 0 radical (unpaired) electrons. The van der Waals surface area contributed by atoms with E-state index in [1.54, 1.807) is 4.90 Å². The number of carbonyl (C=O) groups is 2. The Morgan fingerprint density at radius 2 is 1.73 bits per heavy atom. The second-order valence-electron chi connectivity index (χ2n) is 12.8. The molecule has 3 heterocycles. The van der Waals surface area contributed by atoms with Crippen LogP contribution in [0.3, 0.4) is 0 Å². The van der Waals surface area contributed by atoms with Crippen LogP contribution in [0, 0.1) is 0 Å². The summed E-state index contributed by atoms with van der Waals surface area (Å²) in [6, 6.07) is 17.1. The van der Waals surface area contributed by atoms with Gasteiger partial charge in [0.25, 0.3) is 0 Å². The maximum atomic E-state index is 13.3. The zero-order valence-electron chi connectivity index (χ0n) is 26.9. The van der Waals surface area contributed by atoms with Gasteiger partial charge < -0.3 is 29.2 Å². The predicted octanol–water partition coefficient (Wildman–Crippen LogP) is 7.47. The zero-order chi connectivity index (χ0) is 31.8. The van der Waals surface area contributed by atoms with Crippen molar-refractivity contribution in [2.75, 3.05) is 13.1 Å². The van der Waals surface area contributed by atoms with Crippen molar-refractivity contribution in [3.63, 3.8) is 0 Å². The molecule has 45 heavy (non-hydrogen) atoms. The Bertz CT molecular complexity index is 1550. The van der Waals surface area contributed by atoms with Gasteiger partial charge in [0.2, 0.25) is 0 Å². The van der Waals surface area contributed by atoms with Crippen molar-refractivity contribution in [3.8, 4) is 0 Å². The zero-order valence-corrected chi connectivity index (χ0v) is 26.9. The highest BCUT2D eigenvalue weighted by Crippen LogP contribution is 2.33. The summed E-state index contributed by atoms with van der Waals surface area (Å²) >= 11 is 0. The smallest absolute Gasteiger partial charge is 0.410 e. The van der Waals surface area contributed by atoms with Crippen LogP contribution in [-0.4, -0.2) is 55.5 Å². The number of para-hydroxylation sites is 1. The topological polar surface area (TPSA) is 114 Å². The van der Waals surface area contributed by atoms with Crippen LogP contribution in [-0.2, 0) is 22.6 Å². The third-order valence-electron chi connectivity index (χ3n) is 8.22. The lowest BCUT2D eigenvalue weighted by molar-refractivity contribution is 0.0202. The fourth-order valence-corrected chi connectivity index (χ4v) is 5.91. The molecule has 1 fully saturated rings. The highest BCUT2D eigenvalue weighted by Gasteiger charge is 2.33. The Kier molecular flexibility index (Phi) is 10.4.